The molecule has 12 heavy (non-hydrogen) atoms. The second kappa shape index (κ2) is 12.3. The summed E-state index contributed by atoms with van der Waals surface area (Å²) in [4.78, 5) is 8.56. The van der Waals surface area contributed by atoms with E-state index in [-0.39, 0.29) is 0 Å². The third-order valence-corrected chi connectivity index (χ3v) is 0.581. The predicted molar refractivity (Wildman–Crippen MR) is 43.0 cm³/mol. The summed E-state index contributed by atoms with van der Waals surface area (Å²) in [6.07, 6.45) is 1.26. The normalized spacial score (nSPS) is 8.50. The lowest BCUT2D eigenvalue weighted by molar-refractivity contribution is 0.137. The van der Waals surface area contributed by atoms with Gasteiger partial charge in [-0.1, -0.05) is 0 Å². The molecule has 0 aliphatic rings. The molecule has 0 aromatic heterocycles. The van der Waals surface area contributed by atoms with E-state index in [4.69, 9.17) is 24.5 Å². The van der Waals surface area contributed by atoms with Gasteiger partial charge in [0.1, 0.15) is 12.5 Å². The van der Waals surface area contributed by atoms with Gasteiger partial charge < -0.3 is 19.7 Å². The second-order valence-electron chi connectivity index (χ2n) is 1.47. The third-order valence-electron chi connectivity index (χ3n) is 0.581. The molecule has 0 aliphatic carbocycles. The summed E-state index contributed by atoms with van der Waals surface area (Å²) in [7, 11) is 0. The average molecular weight is 178 g/mol. The molecule has 0 bridgehead atoms. The Balaban J connectivity index is 0. The largest absolute Gasteiger partial charge is 0.503 e. The highest BCUT2D eigenvalue weighted by Gasteiger charge is 1.70. The fourth-order valence-corrected chi connectivity index (χ4v) is 0.271. The van der Waals surface area contributed by atoms with Gasteiger partial charge in [0.2, 0.25) is 0 Å². The molecule has 0 fully saturated rings. The molecule has 5 nitrogen and oxygen atoms in total. The lowest BCUT2D eigenvalue weighted by atomic mass is 10.8. The third kappa shape index (κ3) is 38.3. The van der Waals surface area contributed by atoms with Crippen LogP contribution in [0.5, 0.6) is 0 Å². The molecule has 0 saturated heterocycles. The summed E-state index contributed by atoms with van der Waals surface area (Å²) in [5.41, 5.74) is 0. The van der Waals surface area contributed by atoms with Crippen molar-refractivity contribution >= 4 is 6.16 Å². The molecule has 5 heteroatoms. The number of carbonyl (C=O) groups is 1. The Bertz CT molecular complexity index is 109. The number of rotatable bonds is 4. The average Bonchev–Trinajstić information content (AvgIpc) is 1.97. The van der Waals surface area contributed by atoms with Crippen LogP contribution in [-0.2, 0) is 9.47 Å². The van der Waals surface area contributed by atoms with Crippen molar-refractivity contribution in [3.8, 4) is 0 Å². The van der Waals surface area contributed by atoms with Gasteiger partial charge in [0.25, 0.3) is 0 Å². The van der Waals surface area contributed by atoms with E-state index in [0.29, 0.717) is 13.2 Å². The van der Waals surface area contributed by atoms with Crippen LogP contribution in [0, 0.1) is 0 Å². The van der Waals surface area contributed by atoms with Gasteiger partial charge in [-0.2, -0.15) is 0 Å². The quantitative estimate of drug-likeness (QED) is 0.641. The standard InChI is InChI=1S/C6H12O2.CH2O3/c1-3-7-5-6-8-4-2;2-1(3)4/h5-6H,3-4H2,1-2H3;(H2,2,3,4). The summed E-state index contributed by atoms with van der Waals surface area (Å²) < 4.78 is 9.66. The van der Waals surface area contributed by atoms with Crippen LogP contribution in [0.1, 0.15) is 13.8 Å². The van der Waals surface area contributed by atoms with Crippen LogP contribution in [-0.4, -0.2) is 29.6 Å². The van der Waals surface area contributed by atoms with Crippen molar-refractivity contribution in [3.63, 3.8) is 0 Å². The summed E-state index contributed by atoms with van der Waals surface area (Å²) >= 11 is 0. The highest BCUT2D eigenvalue weighted by molar-refractivity contribution is 5.53. The van der Waals surface area contributed by atoms with Crippen LogP contribution in [0.15, 0.2) is 12.5 Å². The Labute approximate surface area is 71.2 Å². The molecule has 0 amide bonds. The summed E-state index contributed by atoms with van der Waals surface area (Å²) in [5, 5.41) is 13.9. The van der Waals surface area contributed by atoms with Crippen molar-refractivity contribution < 1.29 is 24.5 Å². The van der Waals surface area contributed by atoms with Gasteiger partial charge in [0.15, 0.2) is 0 Å². The number of ether oxygens (including phenoxy) is 2. The van der Waals surface area contributed by atoms with E-state index in [0.717, 1.165) is 0 Å². The maximum absolute atomic E-state index is 8.56. The summed E-state index contributed by atoms with van der Waals surface area (Å²) in [5.74, 6) is 0. The maximum atomic E-state index is 8.56. The van der Waals surface area contributed by atoms with E-state index in [1.807, 2.05) is 13.8 Å². The topological polar surface area (TPSA) is 76.0 Å². The van der Waals surface area contributed by atoms with E-state index in [1.54, 1.807) is 12.5 Å². The molecule has 72 valence electrons. The Hall–Kier alpha value is -1.39. The molecule has 0 heterocycles. The van der Waals surface area contributed by atoms with Crippen LogP contribution in [0.4, 0.5) is 4.79 Å². The fraction of sp³-hybridized carbons (Fsp3) is 0.571. The molecule has 0 unspecified atom stereocenters. The van der Waals surface area contributed by atoms with Gasteiger partial charge in [0.05, 0.1) is 13.2 Å². The first-order chi connectivity index (χ1) is 5.65. The zero-order chi connectivity index (χ0) is 9.82. The molecule has 0 radical (unpaired) electrons. The maximum Gasteiger partial charge on any atom is 0.503 e. The Morgan fingerprint density at radius 2 is 1.42 bits per heavy atom. The SMILES string of the molecule is CCOC=COCC.O=C(O)O. The molecule has 0 atom stereocenters. The molecular weight excluding hydrogens is 164 g/mol. The van der Waals surface area contributed by atoms with Crippen LogP contribution < -0.4 is 0 Å². The Kier molecular flexibility index (Phi) is 13.5. The minimum absolute atomic E-state index is 0.698. The van der Waals surface area contributed by atoms with Crippen molar-refractivity contribution in [2.24, 2.45) is 0 Å². The molecule has 0 aromatic rings. The monoisotopic (exact) mass is 178 g/mol. The molecule has 0 aliphatic heterocycles. The van der Waals surface area contributed by atoms with Crippen molar-refractivity contribution in [2.45, 2.75) is 13.8 Å². The second-order valence-corrected chi connectivity index (χ2v) is 1.47. The van der Waals surface area contributed by atoms with Crippen LogP contribution in [0.2, 0.25) is 0 Å². The van der Waals surface area contributed by atoms with Gasteiger partial charge in [-0.15, -0.1) is 0 Å². The fourth-order valence-electron chi connectivity index (χ4n) is 0.271. The molecule has 0 aromatic carbocycles. The lowest BCUT2D eigenvalue weighted by Gasteiger charge is -1.92. The first-order valence-corrected chi connectivity index (χ1v) is 3.45. The smallest absolute Gasteiger partial charge is 0.498 e. The molecule has 0 spiro atoms. The number of carboxylic acid groups (broad SMARTS) is 2. The first kappa shape index (κ1) is 13.2. The van der Waals surface area contributed by atoms with Gasteiger partial charge >= 0.3 is 6.16 Å². The molecule has 0 saturated carbocycles. The van der Waals surface area contributed by atoms with Crippen molar-refractivity contribution in [3.05, 3.63) is 12.5 Å². The van der Waals surface area contributed by atoms with E-state index in [1.165, 1.54) is 0 Å². The van der Waals surface area contributed by atoms with Gasteiger partial charge in [-0.3, -0.25) is 0 Å². The Morgan fingerprint density at radius 3 is 1.58 bits per heavy atom. The zero-order valence-electron chi connectivity index (χ0n) is 7.19. The van der Waals surface area contributed by atoms with Crippen LogP contribution in [0.25, 0.3) is 0 Å². The van der Waals surface area contributed by atoms with Crippen molar-refractivity contribution in [1.29, 1.82) is 0 Å². The molecule has 0 rings (SSSR count). The van der Waals surface area contributed by atoms with Crippen molar-refractivity contribution in [1.82, 2.24) is 0 Å². The van der Waals surface area contributed by atoms with Crippen molar-refractivity contribution in [2.75, 3.05) is 13.2 Å². The summed E-state index contributed by atoms with van der Waals surface area (Å²) in [6.45, 7) is 5.25. The number of hydrogen-bond donors (Lipinski definition) is 2. The zero-order valence-corrected chi connectivity index (χ0v) is 7.19. The predicted octanol–water partition coefficient (Wildman–Crippen LogP) is 1.75. The summed E-state index contributed by atoms with van der Waals surface area (Å²) in [6, 6.07) is 0. The lowest BCUT2D eigenvalue weighted by Crippen LogP contribution is -1.81. The van der Waals surface area contributed by atoms with E-state index < -0.39 is 6.16 Å². The highest BCUT2D eigenvalue weighted by atomic mass is 16.6. The van der Waals surface area contributed by atoms with Crippen LogP contribution in [0.3, 0.4) is 0 Å². The minimum Gasteiger partial charge on any atom is -0.498 e. The van der Waals surface area contributed by atoms with Gasteiger partial charge in [-0.25, -0.2) is 4.79 Å². The Morgan fingerprint density at radius 1 is 1.17 bits per heavy atom. The molecular formula is C7H14O5. The minimum atomic E-state index is -1.83. The molecule has 2 N–H and O–H groups in total. The van der Waals surface area contributed by atoms with E-state index in [2.05, 4.69) is 0 Å². The highest BCUT2D eigenvalue weighted by Crippen LogP contribution is 1.77. The van der Waals surface area contributed by atoms with E-state index >= 15 is 0 Å². The number of hydrogen-bond acceptors (Lipinski definition) is 3. The van der Waals surface area contributed by atoms with Gasteiger partial charge in [-0.05, 0) is 13.8 Å². The van der Waals surface area contributed by atoms with E-state index in [9.17, 15) is 0 Å². The van der Waals surface area contributed by atoms with Crippen LogP contribution >= 0.6 is 0 Å². The first-order valence-electron chi connectivity index (χ1n) is 3.45. The van der Waals surface area contributed by atoms with Gasteiger partial charge in [0, 0.05) is 0 Å².